The fourth-order valence-electron chi connectivity index (χ4n) is 3.99. The van der Waals surface area contributed by atoms with Crippen LogP contribution in [0.5, 0.6) is 0 Å². The number of rotatable bonds is 13. The number of nitrogens with one attached hydrogen (secondary N) is 2. The smallest absolute Gasteiger partial charge is 0.280 e. The molecule has 0 spiro atoms. The molecule has 4 rings (SSSR count). The van der Waals surface area contributed by atoms with Gasteiger partial charge in [0.2, 0.25) is 5.91 Å². The summed E-state index contributed by atoms with van der Waals surface area (Å²) in [5.41, 5.74) is 7.49. The lowest BCUT2D eigenvalue weighted by Gasteiger charge is -2.33. The van der Waals surface area contributed by atoms with Crippen LogP contribution in [0.1, 0.15) is 17.6 Å². The number of aromatic nitrogens is 6. The maximum atomic E-state index is 12.5. The van der Waals surface area contributed by atoms with Crippen LogP contribution in [0.15, 0.2) is 12.4 Å². The third kappa shape index (κ3) is 8.62. The summed E-state index contributed by atoms with van der Waals surface area (Å²) in [6.45, 7) is 0.157. The number of phosphoric acid groups is 3. The zero-order chi connectivity index (χ0) is 32.6. The zero-order valence-electron chi connectivity index (χ0n) is 22.4. The quantitative estimate of drug-likeness (QED) is 0.0909. The molecule has 4 unspecified atom stereocenters. The van der Waals surface area contributed by atoms with Gasteiger partial charge < -0.3 is 54.7 Å². The Morgan fingerprint density at radius 2 is 1.98 bits per heavy atom. The second kappa shape index (κ2) is 13.1. The number of nitrogens with zero attached hydrogens (tertiary/aromatic N) is 5. The minimum atomic E-state index is -6.16. The molecule has 0 aromatic carbocycles. The topological polar surface area (TPSA) is 326 Å². The summed E-state index contributed by atoms with van der Waals surface area (Å²) in [7, 11) is -16.3. The molecule has 3 aromatic heterocycles. The normalized spacial score (nSPS) is 24.5. The third-order valence-corrected chi connectivity index (χ3v) is 9.87. The second-order valence-electron chi connectivity index (χ2n) is 9.11. The van der Waals surface area contributed by atoms with E-state index in [-0.39, 0.29) is 28.3 Å². The molecule has 22 nitrogen and oxygen atoms in total. The van der Waals surface area contributed by atoms with Gasteiger partial charge in [0.15, 0.2) is 16.8 Å². The number of carbonyl (C=O) groups is 1. The van der Waals surface area contributed by atoms with E-state index in [2.05, 4.69) is 38.5 Å². The summed E-state index contributed by atoms with van der Waals surface area (Å²) in [5.74, 6) is -0.728. The SMILES string of the molecule is Cc1cc(CNC(=O)CO[C@H]2C(O)[C@@H](COP(=O)([O-])OP(=O)([O-])OP(=O)([O-])O)O[C@H]2n2cnc3c(=S)nc(N)[nH]c32)nn1C. The summed E-state index contributed by atoms with van der Waals surface area (Å²) in [6.07, 6.45) is -4.88. The molecule has 4 heterocycles. The number of anilines is 1. The molecular formula is C18H24N8O14P3S-3. The molecule has 0 bridgehead atoms. The molecule has 244 valence electrons. The number of ether oxygens (including phenoxy) is 2. The first-order chi connectivity index (χ1) is 20.3. The van der Waals surface area contributed by atoms with Crippen LogP contribution in [0.3, 0.4) is 0 Å². The van der Waals surface area contributed by atoms with Gasteiger partial charge in [-0.1, -0.05) is 12.2 Å². The Balaban J connectivity index is 1.50. The molecule has 1 aliphatic heterocycles. The Morgan fingerprint density at radius 1 is 1.27 bits per heavy atom. The van der Waals surface area contributed by atoms with Crippen LogP contribution in [0, 0.1) is 11.6 Å². The van der Waals surface area contributed by atoms with Gasteiger partial charge in [-0.05, 0) is 13.0 Å². The van der Waals surface area contributed by atoms with Gasteiger partial charge in [-0.3, -0.25) is 27.7 Å². The number of nitrogen functional groups attached to an aromatic ring is 1. The number of amides is 1. The molecule has 0 saturated carbocycles. The number of H-pyrrole nitrogens is 1. The van der Waals surface area contributed by atoms with Gasteiger partial charge in [-0.15, -0.1) is 0 Å². The fourth-order valence-corrected chi connectivity index (χ4v) is 7.14. The van der Waals surface area contributed by atoms with Gasteiger partial charge in [0.05, 0.1) is 25.2 Å². The molecular weight excluding hydrogens is 677 g/mol. The average Bonchev–Trinajstić information content (AvgIpc) is 3.53. The Morgan fingerprint density at radius 3 is 2.61 bits per heavy atom. The van der Waals surface area contributed by atoms with Gasteiger partial charge >= 0.3 is 0 Å². The fraction of sp³-hybridized carbons (Fsp3) is 0.500. The number of phosphoric ester groups is 1. The molecule has 1 saturated heterocycles. The standard InChI is InChI=1S/C18H27N8O14P3S/c1-8-3-9(24-25(8)2)4-20-11(27)6-36-14-13(28)10(5-37-42(32,33)40-43(34,35)39-41(29,30)31)38-17(14)26-7-21-12-15(26)22-18(19)23-16(12)44/h3,7,10,13-14,17,28H,4-6H2,1-2H3,(H,20,27)(H,32,33)(H,34,35)(H2,29,30,31)(H3,19,22,23,44)/p-3/t10-,13?,14+,17-/m1/s1. The molecule has 3 aromatic rings. The van der Waals surface area contributed by atoms with Crippen LogP contribution in [-0.4, -0.2) is 76.7 Å². The first kappa shape index (κ1) is 34.4. The van der Waals surface area contributed by atoms with E-state index in [1.54, 1.807) is 17.8 Å². The Kier molecular flexibility index (Phi) is 10.3. The average molecular weight is 701 g/mol. The van der Waals surface area contributed by atoms with Crippen molar-refractivity contribution in [3.8, 4) is 0 Å². The van der Waals surface area contributed by atoms with E-state index in [1.165, 1.54) is 10.9 Å². The first-order valence-electron chi connectivity index (χ1n) is 12.0. The van der Waals surface area contributed by atoms with E-state index in [4.69, 9.17) is 32.3 Å². The van der Waals surface area contributed by atoms with Gasteiger partial charge in [0, 0.05) is 12.7 Å². The predicted octanol–water partition coefficient (Wildman–Crippen LogP) is -2.48. The predicted molar refractivity (Wildman–Crippen MR) is 140 cm³/mol. The largest absolute Gasteiger partial charge is 0.756 e. The number of hydrogen-bond acceptors (Lipinski definition) is 18. The van der Waals surface area contributed by atoms with Crippen LogP contribution >= 0.6 is 35.7 Å². The number of aromatic amines is 1. The van der Waals surface area contributed by atoms with Crippen molar-refractivity contribution >= 4 is 58.7 Å². The first-order valence-corrected chi connectivity index (χ1v) is 16.8. The van der Waals surface area contributed by atoms with Crippen LogP contribution in [0.2, 0.25) is 0 Å². The highest BCUT2D eigenvalue weighted by atomic mass is 32.1. The van der Waals surface area contributed by atoms with E-state index < -0.39 is 67.1 Å². The summed E-state index contributed by atoms with van der Waals surface area (Å²) in [4.78, 5) is 65.9. The number of hydrogen-bond donors (Lipinski definition) is 5. The van der Waals surface area contributed by atoms with E-state index >= 15 is 0 Å². The van der Waals surface area contributed by atoms with Gasteiger partial charge in [-0.25, -0.2) is 18.6 Å². The molecule has 0 aliphatic carbocycles. The number of aliphatic hydroxyl groups excluding tert-OH is 1. The number of aryl methyl sites for hydroxylation is 2. The number of aliphatic hydroxyl groups is 1. The summed E-state index contributed by atoms with van der Waals surface area (Å²) in [5, 5.41) is 17.8. The van der Waals surface area contributed by atoms with Crippen molar-refractivity contribution in [3.63, 3.8) is 0 Å². The molecule has 1 fully saturated rings. The Bertz CT molecular complexity index is 1720. The number of carbonyl (C=O) groups excluding carboxylic acids is 1. The van der Waals surface area contributed by atoms with Gasteiger partial charge in [0.1, 0.15) is 36.1 Å². The van der Waals surface area contributed by atoms with Crippen molar-refractivity contribution in [2.45, 2.75) is 38.0 Å². The lowest BCUT2D eigenvalue weighted by Crippen LogP contribution is -2.38. The Hall–Kier alpha value is -2.46. The lowest BCUT2D eigenvalue weighted by atomic mass is 10.1. The van der Waals surface area contributed by atoms with Crippen LogP contribution in [-0.2, 0) is 54.7 Å². The van der Waals surface area contributed by atoms with E-state index in [9.17, 15) is 38.3 Å². The van der Waals surface area contributed by atoms with Gasteiger partial charge in [0.25, 0.3) is 23.5 Å². The van der Waals surface area contributed by atoms with Crippen molar-refractivity contribution in [1.29, 1.82) is 0 Å². The maximum absolute atomic E-state index is 12.5. The molecule has 1 aliphatic rings. The van der Waals surface area contributed by atoms with Crippen molar-refractivity contribution in [2.75, 3.05) is 18.9 Å². The lowest BCUT2D eigenvalue weighted by molar-refractivity contribution is -0.250. The van der Waals surface area contributed by atoms with Crippen molar-refractivity contribution in [2.24, 2.45) is 7.05 Å². The minimum Gasteiger partial charge on any atom is -0.756 e. The summed E-state index contributed by atoms with van der Waals surface area (Å²) < 4.78 is 59.7. The molecule has 7 atom stereocenters. The highest BCUT2D eigenvalue weighted by Crippen LogP contribution is 2.61. The zero-order valence-corrected chi connectivity index (χ0v) is 25.9. The molecule has 26 heteroatoms. The molecule has 0 radical (unpaired) electrons. The van der Waals surface area contributed by atoms with Gasteiger partial charge in [-0.2, -0.15) is 5.10 Å². The number of nitrogens with two attached hydrogens (primary N) is 1. The summed E-state index contributed by atoms with van der Waals surface area (Å²) in [6, 6.07) is 1.75. The number of fused-ring (bicyclic) bond motifs is 1. The summed E-state index contributed by atoms with van der Waals surface area (Å²) >= 11 is 5.15. The number of imidazole rings is 1. The van der Waals surface area contributed by atoms with Crippen molar-refractivity contribution in [1.82, 2.24) is 34.6 Å². The highest BCUT2D eigenvalue weighted by Gasteiger charge is 2.47. The monoisotopic (exact) mass is 701 g/mol. The molecule has 1 amide bonds. The minimum absolute atomic E-state index is 0.00856. The second-order valence-corrected chi connectivity index (χ2v) is 13.8. The van der Waals surface area contributed by atoms with Crippen LogP contribution in [0.4, 0.5) is 5.95 Å². The maximum Gasteiger partial charge on any atom is 0.280 e. The highest BCUT2D eigenvalue weighted by molar-refractivity contribution is 7.71. The van der Waals surface area contributed by atoms with E-state index in [0.717, 1.165) is 5.69 Å². The third-order valence-electron chi connectivity index (χ3n) is 5.89. The van der Waals surface area contributed by atoms with Crippen LogP contribution in [0.25, 0.3) is 11.2 Å². The van der Waals surface area contributed by atoms with Crippen molar-refractivity contribution in [3.05, 3.63) is 28.4 Å². The van der Waals surface area contributed by atoms with Crippen molar-refractivity contribution < 1.29 is 65.8 Å². The molecule has 6 N–H and O–H groups in total. The van der Waals surface area contributed by atoms with E-state index in [1.807, 2.05) is 6.92 Å². The van der Waals surface area contributed by atoms with Crippen LogP contribution < -0.4 is 25.7 Å². The van der Waals surface area contributed by atoms with E-state index in [0.29, 0.717) is 5.69 Å². The molecule has 44 heavy (non-hydrogen) atoms. The Labute approximate surface area is 251 Å².